The van der Waals surface area contributed by atoms with Crippen LogP contribution in [0.25, 0.3) is 0 Å². The maximum atomic E-state index is 12.2. The van der Waals surface area contributed by atoms with Crippen LogP contribution in [0.15, 0.2) is 59.7 Å². The Labute approximate surface area is 161 Å². The molecule has 2 N–H and O–H groups in total. The van der Waals surface area contributed by atoms with E-state index in [4.69, 9.17) is 0 Å². The summed E-state index contributed by atoms with van der Waals surface area (Å²) in [7, 11) is 0. The fourth-order valence-corrected chi connectivity index (χ4v) is 2.93. The number of benzene rings is 2. The highest BCUT2D eigenvalue weighted by atomic mass is 16.6. The molecule has 2 amide bonds. The normalized spacial score (nSPS) is 18.2. The van der Waals surface area contributed by atoms with Crippen molar-refractivity contribution >= 4 is 28.9 Å². The maximum Gasteiger partial charge on any atom is 0.269 e. The number of nitro groups is 1. The summed E-state index contributed by atoms with van der Waals surface area (Å²) in [4.78, 5) is 34.3. The zero-order valence-electron chi connectivity index (χ0n) is 15.3. The fourth-order valence-electron chi connectivity index (χ4n) is 2.93. The number of anilines is 1. The Morgan fingerprint density at radius 1 is 1.14 bits per heavy atom. The Balaban J connectivity index is 1.45. The number of nitrogens with one attached hydrogen (secondary N) is 2. The number of nitrogens with zero attached hydrogens (tertiary/aromatic N) is 2. The summed E-state index contributed by atoms with van der Waals surface area (Å²) in [6.07, 6.45) is 0.801. The monoisotopic (exact) mass is 380 g/mol. The molecule has 0 bridgehead atoms. The van der Waals surface area contributed by atoms with E-state index in [0.29, 0.717) is 11.4 Å². The van der Waals surface area contributed by atoms with Gasteiger partial charge in [-0.15, -0.1) is 0 Å². The van der Waals surface area contributed by atoms with Gasteiger partial charge in [-0.1, -0.05) is 30.3 Å². The van der Waals surface area contributed by atoms with Gasteiger partial charge in [0.2, 0.25) is 11.8 Å². The van der Waals surface area contributed by atoms with Gasteiger partial charge in [-0.2, -0.15) is 5.10 Å². The van der Waals surface area contributed by atoms with Crippen molar-refractivity contribution in [3.63, 3.8) is 0 Å². The van der Waals surface area contributed by atoms with Gasteiger partial charge in [-0.3, -0.25) is 19.7 Å². The molecule has 1 aliphatic carbocycles. The van der Waals surface area contributed by atoms with Crippen molar-refractivity contribution in [2.45, 2.75) is 25.7 Å². The lowest BCUT2D eigenvalue weighted by molar-refractivity contribution is -0.384. The van der Waals surface area contributed by atoms with Gasteiger partial charge in [0.25, 0.3) is 5.69 Å². The smallest absolute Gasteiger partial charge is 0.269 e. The summed E-state index contributed by atoms with van der Waals surface area (Å²) in [5.41, 5.74) is 4.54. The number of hydrogen-bond donors (Lipinski definition) is 2. The SMILES string of the molecule is C/C(CC(=O)Nc1ccc([N+](=O)[O-])cc1)=N/NC(=O)C1CC1c1ccccc1. The topological polar surface area (TPSA) is 114 Å². The highest BCUT2D eigenvalue weighted by Crippen LogP contribution is 2.47. The van der Waals surface area contributed by atoms with Crippen LogP contribution in [0.3, 0.4) is 0 Å². The molecule has 0 spiro atoms. The van der Waals surface area contributed by atoms with Crippen LogP contribution >= 0.6 is 0 Å². The molecular formula is C20H20N4O4. The van der Waals surface area contributed by atoms with E-state index in [0.717, 1.165) is 12.0 Å². The molecule has 1 fully saturated rings. The molecule has 1 saturated carbocycles. The molecule has 8 heteroatoms. The molecule has 3 rings (SSSR count). The number of nitro benzene ring substituents is 1. The van der Waals surface area contributed by atoms with Crippen LogP contribution in [-0.2, 0) is 9.59 Å². The molecule has 0 aliphatic heterocycles. The third-order valence-corrected chi connectivity index (χ3v) is 4.49. The molecule has 2 aromatic rings. The third kappa shape index (κ3) is 5.00. The number of non-ortho nitro benzene ring substituents is 1. The maximum absolute atomic E-state index is 12.2. The number of carbonyl (C=O) groups is 2. The first kappa shape index (κ1) is 19.2. The van der Waals surface area contributed by atoms with Gasteiger partial charge in [-0.25, -0.2) is 5.43 Å². The molecule has 0 saturated heterocycles. The van der Waals surface area contributed by atoms with Gasteiger partial charge >= 0.3 is 0 Å². The lowest BCUT2D eigenvalue weighted by Gasteiger charge is -2.05. The van der Waals surface area contributed by atoms with Crippen LogP contribution in [0.5, 0.6) is 0 Å². The highest BCUT2D eigenvalue weighted by Gasteiger charge is 2.43. The van der Waals surface area contributed by atoms with Crippen molar-refractivity contribution in [1.29, 1.82) is 0 Å². The first-order valence-corrected chi connectivity index (χ1v) is 8.86. The number of carbonyl (C=O) groups excluding carboxylic acids is 2. The van der Waals surface area contributed by atoms with Crippen molar-refractivity contribution in [3.8, 4) is 0 Å². The van der Waals surface area contributed by atoms with Crippen LogP contribution in [0.4, 0.5) is 11.4 Å². The van der Waals surface area contributed by atoms with Gasteiger partial charge in [0.15, 0.2) is 0 Å². The number of rotatable bonds is 7. The molecule has 144 valence electrons. The average Bonchev–Trinajstić information content (AvgIpc) is 3.48. The summed E-state index contributed by atoms with van der Waals surface area (Å²) in [5, 5.41) is 17.3. The fraction of sp³-hybridized carbons (Fsp3) is 0.250. The van der Waals surface area contributed by atoms with Gasteiger partial charge in [0, 0.05) is 29.4 Å². The zero-order valence-corrected chi connectivity index (χ0v) is 15.3. The summed E-state index contributed by atoms with van der Waals surface area (Å²) in [6.45, 7) is 1.65. The molecule has 28 heavy (non-hydrogen) atoms. The van der Waals surface area contributed by atoms with Crippen LogP contribution in [-0.4, -0.2) is 22.4 Å². The minimum atomic E-state index is -0.507. The largest absolute Gasteiger partial charge is 0.326 e. The van der Waals surface area contributed by atoms with E-state index in [2.05, 4.69) is 15.8 Å². The Bertz CT molecular complexity index is 910. The van der Waals surface area contributed by atoms with E-state index in [1.807, 2.05) is 30.3 Å². The van der Waals surface area contributed by atoms with Crippen LogP contribution in [0.2, 0.25) is 0 Å². The van der Waals surface area contributed by atoms with Crippen LogP contribution in [0.1, 0.15) is 31.2 Å². The Morgan fingerprint density at radius 2 is 1.82 bits per heavy atom. The van der Waals surface area contributed by atoms with E-state index >= 15 is 0 Å². The summed E-state index contributed by atoms with van der Waals surface area (Å²) < 4.78 is 0. The lowest BCUT2D eigenvalue weighted by atomic mass is 10.1. The molecule has 0 heterocycles. The van der Waals surface area contributed by atoms with E-state index in [1.54, 1.807) is 6.92 Å². The quantitative estimate of drug-likeness (QED) is 0.436. The Hall–Kier alpha value is -3.55. The van der Waals surface area contributed by atoms with Crippen molar-refractivity contribution in [2.24, 2.45) is 11.0 Å². The van der Waals surface area contributed by atoms with E-state index in [9.17, 15) is 19.7 Å². The first-order chi connectivity index (χ1) is 13.4. The first-order valence-electron chi connectivity index (χ1n) is 8.86. The molecule has 2 aromatic carbocycles. The standard InChI is InChI=1S/C20H20N4O4/c1-13(11-19(25)21-15-7-9-16(10-8-15)24(27)28)22-23-20(26)18-12-17(18)14-5-3-2-4-6-14/h2-10,17-18H,11-12H2,1H3,(H,21,25)(H,23,26)/b22-13-. The van der Waals surface area contributed by atoms with Crippen molar-refractivity contribution in [1.82, 2.24) is 5.43 Å². The number of hydrogen-bond acceptors (Lipinski definition) is 5. The molecule has 1 aliphatic rings. The van der Waals surface area contributed by atoms with Crippen molar-refractivity contribution in [2.75, 3.05) is 5.32 Å². The highest BCUT2D eigenvalue weighted by molar-refractivity contribution is 6.05. The second-order valence-electron chi connectivity index (χ2n) is 6.71. The zero-order chi connectivity index (χ0) is 20.1. The van der Waals surface area contributed by atoms with Crippen LogP contribution < -0.4 is 10.7 Å². The van der Waals surface area contributed by atoms with Gasteiger partial charge in [-0.05, 0) is 37.0 Å². The van der Waals surface area contributed by atoms with Gasteiger partial charge in [0.05, 0.1) is 11.3 Å². The summed E-state index contributed by atoms with van der Waals surface area (Å²) >= 11 is 0. The van der Waals surface area contributed by atoms with Gasteiger partial charge < -0.3 is 5.32 Å². The van der Waals surface area contributed by atoms with Gasteiger partial charge in [0.1, 0.15) is 0 Å². The van der Waals surface area contributed by atoms with Crippen LogP contribution in [0, 0.1) is 16.0 Å². The average molecular weight is 380 g/mol. The van der Waals surface area contributed by atoms with E-state index in [1.165, 1.54) is 24.3 Å². The Kier molecular flexibility index (Phi) is 5.78. The number of amides is 2. The summed E-state index contributed by atoms with van der Waals surface area (Å²) in [5.74, 6) is -0.336. The molecule has 0 aromatic heterocycles. The third-order valence-electron chi connectivity index (χ3n) is 4.49. The molecule has 8 nitrogen and oxygen atoms in total. The number of hydrazone groups is 1. The lowest BCUT2D eigenvalue weighted by Crippen LogP contribution is -2.23. The van der Waals surface area contributed by atoms with E-state index < -0.39 is 4.92 Å². The molecule has 2 atom stereocenters. The van der Waals surface area contributed by atoms with E-state index in [-0.39, 0.29) is 35.8 Å². The molecular weight excluding hydrogens is 360 g/mol. The molecule has 0 radical (unpaired) electrons. The minimum absolute atomic E-state index is 0.00402. The Morgan fingerprint density at radius 3 is 2.46 bits per heavy atom. The molecule has 2 unspecified atom stereocenters. The van der Waals surface area contributed by atoms with Crippen molar-refractivity contribution in [3.05, 3.63) is 70.3 Å². The predicted octanol–water partition coefficient (Wildman–Crippen LogP) is 3.22. The minimum Gasteiger partial charge on any atom is -0.326 e. The predicted molar refractivity (Wildman–Crippen MR) is 105 cm³/mol. The second-order valence-corrected chi connectivity index (χ2v) is 6.71. The summed E-state index contributed by atoms with van der Waals surface area (Å²) in [6, 6.07) is 15.4. The van der Waals surface area contributed by atoms with Crippen molar-refractivity contribution < 1.29 is 14.5 Å². The second kappa shape index (κ2) is 8.43.